The van der Waals surface area contributed by atoms with E-state index in [1.165, 1.54) is 0 Å². The van der Waals surface area contributed by atoms with Crippen LogP contribution in [0.3, 0.4) is 0 Å². The summed E-state index contributed by atoms with van der Waals surface area (Å²) in [6.07, 6.45) is 1.27. The second kappa shape index (κ2) is 5.85. The minimum Gasteiger partial charge on any atom is -0.493 e. The normalized spacial score (nSPS) is 16.2. The summed E-state index contributed by atoms with van der Waals surface area (Å²) in [5, 5.41) is 1.09. The molecule has 1 amide bonds. The second-order valence-electron chi connectivity index (χ2n) is 5.70. The van der Waals surface area contributed by atoms with Gasteiger partial charge in [-0.2, -0.15) is 0 Å². The highest BCUT2D eigenvalue weighted by Crippen LogP contribution is 2.38. The number of nitrogens with two attached hydrogens (primary N) is 1. The Morgan fingerprint density at radius 3 is 2.96 bits per heavy atom. The summed E-state index contributed by atoms with van der Waals surface area (Å²) < 4.78 is 10.9. The molecule has 1 atom stereocenters. The average Bonchev–Trinajstić information content (AvgIpc) is 2.60. The van der Waals surface area contributed by atoms with Crippen LogP contribution < -0.4 is 10.5 Å². The van der Waals surface area contributed by atoms with Crippen LogP contribution >= 0.6 is 0 Å². The Hall–Kier alpha value is -3.08. The second-order valence-corrected chi connectivity index (χ2v) is 5.70. The fourth-order valence-corrected chi connectivity index (χ4v) is 3.12. The van der Waals surface area contributed by atoms with Gasteiger partial charge in [-0.1, -0.05) is 36.4 Å². The number of pyridine rings is 1. The number of ether oxygens (including phenoxy) is 2. The highest BCUT2D eigenvalue weighted by atomic mass is 16.6. The Bertz CT molecular complexity index is 918. The molecule has 2 aromatic carbocycles. The first-order valence-corrected chi connectivity index (χ1v) is 7.79. The third-order valence-electron chi connectivity index (χ3n) is 4.20. The largest absolute Gasteiger partial charge is 0.493 e. The number of benzene rings is 2. The van der Waals surface area contributed by atoms with Gasteiger partial charge in [-0.3, -0.25) is 4.98 Å². The van der Waals surface area contributed by atoms with Crippen molar-refractivity contribution in [3.63, 3.8) is 0 Å². The molecule has 0 saturated heterocycles. The first kappa shape index (κ1) is 14.5. The van der Waals surface area contributed by atoms with Crippen LogP contribution in [0, 0.1) is 0 Å². The highest BCUT2D eigenvalue weighted by molar-refractivity contribution is 5.93. The average molecular weight is 320 g/mol. The topological polar surface area (TPSA) is 74.4 Å². The molecule has 5 nitrogen and oxygen atoms in total. The summed E-state index contributed by atoms with van der Waals surface area (Å²) in [6.45, 7) is 0.488. The fraction of sp³-hybridized carbons (Fsp3) is 0.158. The zero-order valence-corrected chi connectivity index (χ0v) is 12.9. The zero-order chi connectivity index (χ0) is 16.5. The van der Waals surface area contributed by atoms with Gasteiger partial charge in [0, 0.05) is 29.1 Å². The Kier molecular flexibility index (Phi) is 3.54. The molecule has 0 spiro atoms. The predicted molar refractivity (Wildman–Crippen MR) is 90.7 cm³/mol. The van der Waals surface area contributed by atoms with E-state index in [1.807, 2.05) is 48.5 Å². The van der Waals surface area contributed by atoms with E-state index in [9.17, 15) is 4.79 Å². The number of aromatic nitrogens is 1. The van der Waals surface area contributed by atoms with Gasteiger partial charge in [0.1, 0.15) is 11.9 Å². The maximum atomic E-state index is 11.1. The van der Waals surface area contributed by atoms with Crippen LogP contribution in [0.5, 0.6) is 5.75 Å². The van der Waals surface area contributed by atoms with Crippen molar-refractivity contribution in [3.8, 4) is 16.9 Å². The molecule has 0 bridgehead atoms. The number of nitrogens with zero attached hydrogens (tertiary/aromatic N) is 1. The molecule has 0 fully saturated rings. The number of para-hydroxylation sites is 1. The summed E-state index contributed by atoms with van der Waals surface area (Å²) in [7, 11) is 0. The standard InChI is InChI=1S/C19H16N2O3/c20-19(22)24-16-8-10-23-17-11-13(6-7-15(16)17)14-5-1-3-12-4-2-9-21-18(12)14/h1-7,9,11,16H,8,10H2,(H2,20,22). The van der Waals surface area contributed by atoms with Gasteiger partial charge in [-0.05, 0) is 17.7 Å². The van der Waals surface area contributed by atoms with E-state index in [1.54, 1.807) is 6.20 Å². The maximum Gasteiger partial charge on any atom is 0.405 e. The van der Waals surface area contributed by atoms with E-state index in [4.69, 9.17) is 15.2 Å². The molecule has 1 unspecified atom stereocenters. The lowest BCUT2D eigenvalue weighted by Crippen LogP contribution is -2.22. The van der Waals surface area contributed by atoms with Crippen LogP contribution in [0.15, 0.2) is 54.7 Å². The molecule has 24 heavy (non-hydrogen) atoms. The van der Waals surface area contributed by atoms with E-state index in [-0.39, 0.29) is 6.10 Å². The minimum absolute atomic E-state index is 0.356. The van der Waals surface area contributed by atoms with E-state index in [0.29, 0.717) is 13.0 Å². The minimum atomic E-state index is -0.768. The van der Waals surface area contributed by atoms with Gasteiger partial charge in [-0.25, -0.2) is 4.79 Å². The molecular formula is C19H16N2O3. The lowest BCUT2D eigenvalue weighted by Gasteiger charge is -2.25. The molecule has 0 radical (unpaired) electrons. The number of amides is 1. The molecule has 0 aliphatic carbocycles. The highest BCUT2D eigenvalue weighted by Gasteiger charge is 2.24. The molecule has 1 aliphatic rings. The van der Waals surface area contributed by atoms with Gasteiger partial charge in [0.05, 0.1) is 12.1 Å². The van der Waals surface area contributed by atoms with Crippen LogP contribution in [-0.4, -0.2) is 17.7 Å². The van der Waals surface area contributed by atoms with Gasteiger partial charge in [0.15, 0.2) is 0 Å². The van der Waals surface area contributed by atoms with E-state index >= 15 is 0 Å². The zero-order valence-electron chi connectivity index (χ0n) is 12.9. The van der Waals surface area contributed by atoms with Crippen LogP contribution in [0.4, 0.5) is 4.79 Å². The quantitative estimate of drug-likeness (QED) is 0.779. The van der Waals surface area contributed by atoms with Crippen molar-refractivity contribution in [2.45, 2.75) is 12.5 Å². The molecule has 2 heterocycles. The smallest absolute Gasteiger partial charge is 0.405 e. The van der Waals surface area contributed by atoms with Crippen molar-refractivity contribution in [2.24, 2.45) is 5.73 Å². The molecule has 5 heteroatoms. The Morgan fingerprint density at radius 1 is 1.21 bits per heavy atom. The number of fused-ring (bicyclic) bond motifs is 2. The van der Waals surface area contributed by atoms with E-state index in [0.717, 1.165) is 33.3 Å². The summed E-state index contributed by atoms with van der Waals surface area (Å²) in [4.78, 5) is 15.6. The summed E-state index contributed by atoms with van der Waals surface area (Å²) in [5.74, 6) is 0.720. The maximum absolute atomic E-state index is 11.1. The van der Waals surface area contributed by atoms with E-state index < -0.39 is 6.09 Å². The molecule has 3 aromatic rings. The van der Waals surface area contributed by atoms with Crippen LogP contribution in [0.25, 0.3) is 22.0 Å². The van der Waals surface area contributed by atoms with Gasteiger partial charge in [0.25, 0.3) is 0 Å². The lowest BCUT2D eigenvalue weighted by molar-refractivity contribution is 0.0766. The van der Waals surface area contributed by atoms with Crippen LogP contribution in [0.1, 0.15) is 18.1 Å². The first-order valence-electron chi connectivity index (χ1n) is 7.79. The van der Waals surface area contributed by atoms with Crippen molar-refractivity contribution in [3.05, 3.63) is 60.3 Å². The monoisotopic (exact) mass is 320 g/mol. The van der Waals surface area contributed by atoms with E-state index in [2.05, 4.69) is 4.98 Å². The Balaban J connectivity index is 1.79. The third kappa shape index (κ3) is 2.54. The summed E-state index contributed by atoms with van der Waals surface area (Å²) in [5.41, 5.74) is 8.99. The van der Waals surface area contributed by atoms with Crippen LogP contribution in [0.2, 0.25) is 0 Å². The number of primary amides is 1. The van der Waals surface area contributed by atoms with Crippen molar-refractivity contribution in [1.29, 1.82) is 0 Å². The van der Waals surface area contributed by atoms with Crippen molar-refractivity contribution < 1.29 is 14.3 Å². The SMILES string of the molecule is NC(=O)OC1CCOc2cc(-c3cccc4cccnc34)ccc21. The summed E-state index contributed by atoms with van der Waals surface area (Å²) >= 11 is 0. The Labute approximate surface area is 139 Å². The number of carbonyl (C=O) groups excluding carboxylic acids is 1. The Morgan fingerprint density at radius 2 is 2.08 bits per heavy atom. The van der Waals surface area contributed by atoms with Crippen molar-refractivity contribution >= 4 is 17.0 Å². The predicted octanol–water partition coefficient (Wildman–Crippen LogP) is 3.82. The van der Waals surface area contributed by atoms with Crippen LogP contribution in [-0.2, 0) is 4.74 Å². The molecule has 1 aliphatic heterocycles. The van der Waals surface area contributed by atoms with Gasteiger partial charge < -0.3 is 15.2 Å². The third-order valence-corrected chi connectivity index (χ3v) is 4.20. The van der Waals surface area contributed by atoms with Gasteiger partial charge >= 0.3 is 6.09 Å². The van der Waals surface area contributed by atoms with Gasteiger partial charge in [0.2, 0.25) is 0 Å². The van der Waals surface area contributed by atoms with Crippen molar-refractivity contribution in [2.75, 3.05) is 6.61 Å². The number of hydrogen-bond acceptors (Lipinski definition) is 4. The molecule has 0 saturated carbocycles. The molecular weight excluding hydrogens is 304 g/mol. The molecule has 120 valence electrons. The molecule has 2 N–H and O–H groups in total. The number of carbonyl (C=O) groups is 1. The van der Waals surface area contributed by atoms with Gasteiger partial charge in [-0.15, -0.1) is 0 Å². The first-order chi connectivity index (χ1) is 11.7. The summed E-state index contributed by atoms with van der Waals surface area (Å²) in [6, 6.07) is 15.9. The number of rotatable bonds is 2. The molecule has 1 aromatic heterocycles. The van der Waals surface area contributed by atoms with Crippen molar-refractivity contribution in [1.82, 2.24) is 4.98 Å². The fourth-order valence-electron chi connectivity index (χ4n) is 3.12. The molecule has 4 rings (SSSR count). The lowest BCUT2D eigenvalue weighted by atomic mass is 9.96. The number of hydrogen-bond donors (Lipinski definition) is 1.